The summed E-state index contributed by atoms with van der Waals surface area (Å²) in [5.41, 5.74) is 0. The number of carbonyl (C=O) groups is 1. The number of nitrogens with zero attached hydrogens (tertiary/aromatic N) is 1. The van der Waals surface area contributed by atoms with Gasteiger partial charge < -0.3 is 9.59 Å². The van der Waals surface area contributed by atoms with E-state index in [4.69, 9.17) is 9.90 Å². The Balaban J connectivity index is 0. The predicted octanol–water partition coefficient (Wildman–Crippen LogP) is 10.2. The molecule has 0 radical (unpaired) electrons. The summed E-state index contributed by atoms with van der Waals surface area (Å²) >= 11 is 0. The van der Waals surface area contributed by atoms with Crippen LogP contribution in [0, 0.1) is 0 Å². The molecule has 0 saturated heterocycles. The molecule has 0 bridgehead atoms. The predicted molar refractivity (Wildman–Crippen MR) is 153 cm³/mol. The molecule has 0 heterocycles. The van der Waals surface area contributed by atoms with E-state index in [0.717, 1.165) is 0 Å². The fraction of sp³-hybridized carbons (Fsp3) is 0.968. The molecule has 0 aliphatic rings. The van der Waals surface area contributed by atoms with Crippen LogP contribution in [0.15, 0.2) is 0 Å². The summed E-state index contributed by atoms with van der Waals surface area (Å²) in [4.78, 5) is 8.36. The Labute approximate surface area is 216 Å². The third-order valence-electron chi connectivity index (χ3n) is 7.44. The van der Waals surface area contributed by atoms with Gasteiger partial charge in [0, 0.05) is 0 Å². The van der Waals surface area contributed by atoms with Crippen LogP contribution < -0.4 is 0 Å². The van der Waals surface area contributed by atoms with Crippen molar-refractivity contribution in [1.82, 2.24) is 0 Å². The van der Waals surface area contributed by atoms with Crippen molar-refractivity contribution in [1.29, 1.82) is 0 Å². The van der Waals surface area contributed by atoms with Crippen molar-refractivity contribution in [2.75, 3.05) is 26.2 Å². The fourth-order valence-electron chi connectivity index (χ4n) is 5.15. The van der Waals surface area contributed by atoms with Gasteiger partial charge >= 0.3 is 0 Å². The Morgan fingerprint density at radius 3 is 0.882 bits per heavy atom. The van der Waals surface area contributed by atoms with Gasteiger partial charge in [-0.05, 0) is 32.1 Å². The van der Waals surface area contributed by atoms with Gasteiger partial charge in [0.1, 0.15) is 0 Å². The van der Waals surface area contributed by atoms with Crippen LogP contribution in [0.25, 0.3) is 0 Å². The quantitative estimate of drug-likeness (QED) is 0.0753. The SMILES string of the molecule is CCCCCCCCCCCCCCCCCC[N+](CCCC)(CCCC)CCCC.O=CO. The minimum absolute atomic E-state index is 0.250. The largest absolute Gasteiger partial charge is 0.483 e. The zero-order valence-corrected chi connectivity index (χ0v) is 24.3. The summed E-state index contributed by atoms with van der Waals surface area (Å²) in [6.07, 6.45) is 31.9. The summed E-state index contributed by atoms with van der Waals surface area (Å²) in [6, 6.07) is 0. The topological polar surface area (TPSA) is 37.3 Å². The number of unbranched alkanes of at least 4 members (excludes halogenated alkanes) is 18. The van der Waals surface area contributed by atoms with Crippen LogP contribution in [0.3, 0.4) is 0 Å². The average Bonchev–Trinajstić information content (AvgIpc) is 2.85. The van der Waals surface area contributed by atoms with E-state index in [2.05, 4.69) is 27.7 Å². The van der Waals surface area contributed by atoms with Crippen molar-refractivity contribution in [3.05, 3.63) is 0 Å². The van der Waals surface area contributed by atoms with Gasteiger partial charge in [-0.1, -0.05) is 137 Å². The molecule has 0 aromatic heterocycles. The van der Waals surface area contributed by atoms with Crippen LogP contribution in [-0.4, -0.2) is 42.2 Å². The maximum Gasteiger partial charge on any atom is 0.290 e. The third-order valence-corrected chi connectivity index (χ3v) is 7.44. The number of carboxylic acid groups (broad SMARTS) is 1. The Hall–Kier alpha value is -0.570. The maximum absolute atomic E-state index is 8.36. The second-order valence-corrected chi connectivity index (χ2v) is 10.7. The Morgan fingerprint density at radius 2 is 0.618 bits per heavy atom. The Bertz CT molecular complexity index is 351. The first-order valence-corrected chi connectivity index (χ1v) is 15.6. The van der Waals surface area contributed by atoms with E-state index >= 15 is 0 Å². The zero-order valence-electron chi connectivity index (χ0n) is 24.3. The molecule has 0 saturated carbocycles. The van der Waals surface area contributed by atoms with Crippen molar-refractivity contribution >= 4 is 6.47 Å². The molecule has 0 unspecified atom stereocenters. The number of rotatable bonds is 26. The van der Waals surface area contributed by atoms with E-state index in [1.54, 1.807) is 0 Å². The van der Waals surface area contributed by atoms with E-state index < -0.39 is 0 Å². The van der Waals surface area contributed by atoms with E-state index in [1.165, 1.54) is 172 Å². The van der Waals surface area contributed by atoms with Crippen molar-refractivity contribution in [3.8, 4) is 0 Å². The summed E-state index contributed by atoms with van der Waals surface area (Å²) in [6.45, 7) is 14.9. The standard InChI is InChI=1S/C30H64N.CH2O2/c1-5-9-13-14-15-16-17-18-19-20-21-22-23-24-25-26-30-31(27-10-6-2,28-11-7-3)29-12-8-4;2-1-3/h5-30H2,1-4H3;1H,(H,2,3)/q+1;. The van der Waals surface area contributed by atoms with Gasteiger partial charge in [0.25, 0.3) is 6.47 Å². The smallest absolute Gasteiger partial charge is 0.290 e. The summed E-state index contributed by atoms with van der Waals surface area (Å²) in [5, 5.41) is 6.89. The highest BCUT2D eigenvalue weighted by atomic mass is 16.3. The second-order valence-electron chi connectivity index (χ2n) is 10.7. The van der Waals surface area contributed by atoms with Crippen LogP contribution in [0.1, 0.15) is 169 Å². The van der Waals surface area contributed by atoms with Gasteiger partial charge in [-0.25, -0.2) is 0 Å². The normalized spacial score (nSPS) is 11.3. The van der Waals surface area contributed by atoms with E-state index in [1.807, 2.05) is 0 Å². The lowest BCUT2D eigenvalue weighted by Gasteiger charge is -2.39. The van der Waals surface area contributed by atoms with Crippen LogP contribution in [0.2, 0.25) is 0 Å². The first-order valence-electron chi connectivity index (χ1n) is 15.6. The summed E-state index contributed by atoms with van der Waals surface area (Å²) < 4.78 is 1.44. The molecule has 0 aliphatic heterocycles. The monoisotopic (exact) mass is 485 g/mol. The minimum atomic E-state index is -0.250. The highest BCUT2D eigenvalue weighted by Crippen LogP contribution is 2.18. The summed E-state index contributed by atoms with van der Waals surface area (Å²) in [7, 11) is 0. The zero-order chi connectivity index (χ0) is 25.6. The minimum Gasteiger partial charge on any atom is -0.483 e. The number of hydrogen-bond acceptors (Lipinski definition) is 1. The highest BCUT2D eigenvalue weighted by Gasteiger charge is 2.24. The molecule has 34 heavy (non-hydrogen) atoms. The van der Waals surface area contributed by atoms with Crippen LogP contribution >= 0.6 is 0 Å². The molecule has 0 atom stereocenters. The van der Waals surface area contributed by atoms with Gasteiger partial charge in [0.15, 0.2) is 0 Å². The maximum atomic E-state index is 8.36. The van der Waals surface area contributed by atoms with Crippen LogP contribution in [0.4, 0.5) is 0 Å². The van der Waals surface area contributed by atoms with Gasteiger partial charge in [0.2, 0.25) is 0 Å². The second kappa shape index (κ2) is 30.5. The fourth-order valence-corrected chi connectivity index (χ4v) is 5.15. The molecular weight excluding hydrogens is 418 g/mol. The molecule has 0 amide bonds. The van der Waals surface area contributed by atoms with E-state index in [9.17, 15) is 0 Å². The van der Waals surface area contributed by atoms with Gasteiger partial charge in [-0.15, -0.1) is 0 Å². The first-order chi connectivity index (χ1) is 16.7. The van der Waals surface area contributed by atoms with Crippen LogP contribution in [-0.2, 0) is 4.79 Å². The molecule has 0 rings (SSSR count). The molecule has 0 spiro atoms. The summed E-state index contributed by atoms with van der Waals surface area (Å²) in [5.74, 6) is 0. The van der Waals surface area contributed by atoms with Gasteiger partial charge in [-0.2, -0.15) is 0 Å². The van der Waals surface area contributed by atoms with Crippen molar-refractivity contribution in [2.45, 2.75) is 169 Å². The van der Waals surface area contributed by atoms with Gasteiger partial charge in [-0.3, -0.25) is 4.79 Å². The van der Waals surface area contributed by atoms with E-state index in [-0.39, 0.29) is 6.47 Å². The Morgan fingerprint density at radius 1 is 0.412 bits per heavy atom. The first kappa shape index (κ1) is 35.6. The Kier molecular flexibility index (Phi) is 31.9. The molecule has 3 nitrogen and oxygen atoms in total. The van der Waals surface area contributed by atoms with Crippen molar-refractivity contribution in [2.24, 2.45) is 0 Å². The molecule has 0 aliphatic carbocycles. The molecule has 0 aromatic rings. The molecule has 1 N–H and O–H groups in total. The number of quaternary nitrogens is 1. The molecule has 0 aromatic carbocycles. The lowest BCUT2D eigenvalue weighted by molar-refractivity contribution is -0.929. The molecular formula is C31H66NO2+. The third kappa shape index (κ3) is 26.0. The van der Waals surface area contributed by atoms with Crippen molar-refractivity contribution in [3.63, 3.8) is 0 Å². The average molecular weight is 485 g/mol. The molecule has 3 heteroatoms. The lowest BCUT2D eigenvalue weighted by Crippen LogP contribution is -2.50. The number of hydrogen-bond donors (Lipinski definition) is 1. The van der Waals surface area contributed by atoms with E-state index in [0.29, 0.717) is 0 Å². The van der Waals surface area contributed by atoms with Gasteiger partial charge in [0.05, 0.1) is 26.2 Å². The molecule has 206 valence electrons. The van der Waals surface area contributed by atoms with Crippen molar-refractivity contribution < 1.29 is 14.4 Å². The molecule has 0 fully saturated rings. The highest BCUT2D eigenvalue weighted by molar-refractivity contribution is 5.32. The van der Waals surface area contributed by atoms with Crippen LogP contribution in [0.5, 0.6) is 0 Å². The lowest BCUT2D eigenvalue weighted by atomic mass is 10.0.